The van der Waals surface area contributed by atoms with Crippen LogP contribution in [0.2, 0.25) is 0 Å². The lowest BCUT2D eigenvalue weighted by Gasteiger charge is -2.42. The van der Waals surface area contributed by atoms with Crippen LogP contribution < -0.4 is 9.64 Å². The number of halogens is 2. The summed E-state index contributed by atoms with van der Waals surface area (Å²) < 4.78 is 6.05. The average molecular weight is 728 g/mol. The summed E-state index contributed by atoms with van der Waals surface area (Å²) in [6.07, 6.45) is 3.66. The summed E-state index contributed by atoms with van der Waals surface area (Å²) in [5.41, 5.74) is 2.98. The number of nitrogens with zero attached hydrogens (tertiary/aromatic N) is 1. The molecule has 6 rings (SSSR count). The molecule has 0 unspecified atom stereocenters. The van der Waals surface area contributed by atoms with Crippen molar-refractivity contribution >= 4 is 73.4 Å². The maximum Gasteiger partial charge on any atom is 0.238 e. The highest BCUT2D eigenvalue weighted by molar-refractivity contribution is 14.1. The highest BCUT2D eigenvalue weighted by atomic mass is 127. The van der Waals surface area contributed by atoms with Gasteiger partial charge in [-0.3, -0.25) is 28.9 Å². The van der Waals surface area contributed by atoms with E-state index in [4.69, 9.17) is 4.74 Å². The van der Waals surface area contributed by atoms with Crippen molar-refractivity contribution in [3.8, 4) is 11.5 Å². The molecule has 10 heteroatoms. The number of hydrogen-bond acceptors (Lipinski definition) is 7. The van der Waals surface area contributed by atoms with Crippen LogP contribution in [0.25, 0.3) is 0 Å². The molecule has 2 aromatic carbocycles. The van der Waals surface area contributed by atoms with Crippen molar-refractivity contribution in [2.45, 2.75) is 25.7 Å². The van der Waals surface area contributed by atoms with Gasteiger partial charge in [0.15, 0.2) is 28.8 Å². The quantitative estimate of drug-likeness (QED) is 0.152. The Labute approximate surface area is 257 Å². The molecule has 208 valence electrons. The molecule has 41 heavy (non-hydrogen) atoms. The van der Waals surface area contributed by atoms with E-state index in [1.807, 2.05) is 28.7 Å². The molecule has 0 aromatic heterocycles. The van der Waals surface area contributed by atoms with Crippen molar-refractivity contribution in [1.82, 2.24) is 0 Å². The number of imide groups is 1. The van der Waals surface area contributed by atoms with E-state index in [2.05, 4.69) is 15.9 Å². The zero-order chi connectivity index (χ0) is 29.3. The number of benzene rings is 2. The first kappa shape index (κ1) is 27.8. The molecule has 1 aliphatic heterocycles. The van der Waals surface area contributed by atoms with Gasteiger partial charge in [0.25, 0.3) is 0 Å². The van der Waals surface area contributed by atoms with Crippen LogP contribution in [0.5, 0.6) is 11.5 Å². The van der Waals surface area contributed by atoms with Crippen LogP contribution in [0.3, 0.4) is 0 Å². The summed E-state index contributed by atoms with van der Waals surface area (Å²) in [4.78, 5) is 67.4. The lowest BCUT2D eigenvalue weighted by Crippen LogP contribution is -2.39. The van der Waals surface area contributed by atoms with Gasteiger partial charge in [0.1, 0.15) is 0 Å². The SMILES string of the molecule is COc1cc([C@H]2C3=CC[C@@H]4C(=O)N(c5ccc(C(C)=O)cc5)C(=O)[C@@H]4[C@@H]3CC3=C2C(=O)C=C(Br)C3=O)cc(I)c1O. The number of hydrogen-bond donors (Lipinski definition) is 1. The number of carbonyl (C=O) groups is 5. The number of allylic oxidation sites excluding steroid dienone is 6. The van der Waals surface area contributed by atoms with Crippen LogP contribution in [0.4, 0.5) is 5.69 Å². The number of Topliss-reactive ketones (excluding diaryl/α,β-unsaturated/α-hetero) is 2. The fourth-order valence-corrected chi connectivity index (χ4v) is 7.67. The molecular weight excluding hydrogens is 705 g/mol. The van der Waals surface area contributed by atoms with Gasteiger partial charge < -0.3 is 9.84 Å². The summed E-state index contributed by atoms with van der Waals surface area (Å²) in [6.45, 7) is 1.45. The van der Waals surface area contributed by atoms with Crippen molar-refractivity contribution < 1.29 is 33.8 Å². The minimum absolute atomic E-state index is 0.0345. The first-order valence-electron chi connectivity index (χ1n) is 13.0. The van der Waals surface area contributed by atoms with E-state index in [0.29, 0.717) is 38.0 Å². The molecule has 1 heterocycles. The first-order chi connectivity index (χ1) is 19.5. The van der Waals surface area contributed by atoms with Gasteiger partial charge in [0.2, 0.25) is 11.8 Å². The Morgan fingerprint density at radius 1 is 1.07 bits per heavy atom. The number of aromatic hydroxyl groups is 1. The van der Waals surface area contributed by atoms with Crippen LogP contribution in [-0.4, -0.2) is 41.4 Å². The van der Waals surface area contributed by atoms with Crippen molar-refractivity contribution in [3.05, 3.63) is 84.4 Å². The Morgan fingerprint density at radius 3 is 2.44 bits per heavy atom. The van der Waals surface area contributed by atoms with E-state index in [0.717, 1.165) is 5.57 Å². The monoisotopic (exact) mass is 727 g/mol. The van der Waals surface area contributed by atoms with E-state index >= 15 is 0 Å². The minimum Gasteiger partial charge on any atom is -0.504 e. The smallest absolute Gasteiger partial charge is 0.238 e. The molecular formula is C31H23BrINO7. The van der Waals surface area contributed by atoms with E-state index in [1.165, 1.54) is 25.0 Å². The van der Waals surface area contributed by atoms with Gasteiger partial charge in [-0.25, -0.2) is 0 Å². The molecule has 0 spiro atoms. The standard InChI is InChI=1S/C31H23BrINO7/c1-13(35)14-3-5-16(6-4-14)34-30(39)18-8-7-17-19(26(18)31(34)40)11-20-27(23(36)12-21(32)28(20)37)25(17)15-9-22(33)29(38)24(10-15)41-2/h3-7,9-10,12,18-19,25-26,38H,8,11H2,1-2H3/t18-,19+,25-,26-/m0/s1. The van der Waals surface area contributed by atoms with Crippen molar-refractivity contribution in [2.75, 3.05) is 12.0 Å². The van der Waals surface area contributed by atoms with Crippen LogP contribution in [0, 0.1) is 21.3 Å². The van der Waals surface area contributed by atoms with E-state index in [1.54, 1.807) is 36.4 Å². The zero-order valence-corrected chi connectivity index (χ0v) is 25.7. The predicted octanol–water partition coefficient (Wildman–Crippen LogP) is 5.17. The van der Waals surface area contributed by atoms with E-state index < -0.39 is 23.7 Å². The molecule has 1 fully saturated rings. The highest BCUT2D eigenvalue weighted by Crippen LogP contribution is 2.56. The second kappa shape index (κ2) is 10.2. The number of phenols is 1. The summed E-state index contributed by atoms with van der Waals surface area (Å²) in [7, 11) is 1.43. The first-order valence-corrected chi connectivity index (χ1v) is 14.8. The fraction of sp³-hybridized carbons (Fsp3) is 0.258. The maximum absolute atomic E-state index is 14.0. The lowest BCUT2D eigenvalue weighted by molar-refractivity contribution is -0.123. The van der Waals surface area contributed by atoms with Crippen LogP contribution in [0.1, 0.15) is 41.6 Å². The average Bonchev–Trinajstić information content (AvgIpc) is 3.21. The Balaban J connectivity index is 1.48. The molecule has 4 aliphatic rings. The number of ketones is 3. The summed E-state index contributed by atoms with van der Waals surface area (Å²) in [5.74, 6) is -3.74. The Bertz CT molecular complexity index is 1690. The number of fused-ring (bicyclic) bond motifs is 3. The number of amides is 2. The minimum atomic E-state index is -0.725. The number of rotatable bonds is 4. The molecule has 1 N–H and O–H groups in total. The normalized spacial score (nSPS) is 25.4. The molecule has 0 radical (unpaired) electrons. The second-order valence-electron chi connectivity index (χ2n) is 10.6. The second-order valence-corrected chi connectivity index (χ2v) is 12.6. The summed E-state index contributed by atoms with van der Waals surface area (Å²) in [5, 5.41) is 10.5. The molecule has 0 bridgehead atoms. The number of methoxy groups -OCH3 is 1. The van der Waals surface area contributed by atoms with Gasteiger partial charge in [0, 0.05) is 28.7 Å². The van der Waals surface area contributed by atoms with Crippen molar-refractivity contribution in [1.29, 1.82) is 0 Å². The third-order valence-electron chi connectivity index (χ3n) is 8.47. The Morgan fingerprint density at radius 2 is 1.78 bits per heavy atom. The fourth-order valence-electron chi connectivity index (χ4n) is 6.60. The summed E-state index contributed by atoms with van der Waals surface area (Å²) >= 11 is 5.22. The summed E-state index contributed by atoms with van der Waals surface area (Å²) in [6, 6.07) is 9.77. The number of ether oxygens (including phenoxy) is 1. The topological polar surface area (TPSA) is 118 Å². The number of carbonyl (C=O) groups excluding carboxylic acids is 5. The predicted molar refractivity (Wildman–Crippen MR) is 161 cm³/mol. The number of anilines is 1. The molecule has 1 saturated heterocycles. The van der Waals surface area contributed by atoms with Gasteiger partial charge in [-0.1, -0.05) is 11.6 Å². The van der Waals surface area contributed by atoms with E-state index in [-0.39, 0.29) is 51.6 Å². The molecule has 2 aromatic rings. The van der Waals surface area contributed by atoms with Crippen molar-refractivity contribution in [3.63, 3.8) is 0 Å². The van der Waals surface area contributed by atoms with Gasteiger partial charge >= 0.3 is 0 Å². The van der Waals surface area contributed by atoms with Gasteiger partial charge in [-0.2, -0.15) is 0 Å². The van der Waals surface area contributed by atoms with Crippen LogP contribution in [0.15, 0.2) is 69.8 Å². The van der Waals surface area contributed by atoms with Crippen LogP contribution >= 0.6 is 38.5 Å². The van der Waals surface area contributed by atoms with Crippen LogP contribution in [-0.2, 0) is 19.2 Å². The van der Waals surface area contributed by atoms with Gasteiger partial charge in [0.05, 0.1) is 32.7 Å². The number of phenolic OH excluding ortho intramolecular Hbond substituents is 1. The Hall–Kier alpha value is -3.38. The molecule has 3 aliphatic carbocycles. The third-order valence-corrected chi connectivity index (χ3v) is 9.88. The van der Waals surface area contributed by atoms with Gasteiger partial charge in [-0.05, 0) is 106 Å². The third kappa shape index (κ3) is 4.25. The zero-order valence-electron chi connectivity index (χ0n) is 21.9. The lowest BCUT2D eigenvalue weighted by atomic mass is 9.59. The molecule has 2 amide bonds. The van der Waals surface area contributed by atoms with E-state index in [9.17, 15) is 29.1 Å². The highest BCUT2D eigenvalue weighted by Gasteiger charge is 2.56. The molecule has 4 atom stereocenters. The Kier molecular flexibility index (Phi) is 6.88. The van der Waals surface area contributed by atoms with Crippen molar-refractivity contribution in [2.24, 2.45) is 17.8 Å². The molecule has 0 saturated carbocycles. The molecule has 8 nitrogen and oxygen atoms in total. The maximum atomic E-state index is 14.0. The largest absolute Gasteiger partial charge is 0.504 e. The van der Waals surface area contributed by atoms with Gasteiger partial charge in [-0.15, -0.1) is 0 Å².